The number of hydrogen-bond acceptors (Lipinski definition) is 1. The SMILES string of the molecule is Cc1cccc(-n2ncc(CBr)c2C(F)(F)F)c1. The van der Waals surface area contributed by atoms with Crippen molar-refractivity contribution >= 4 is 15.9 Å². The fraction of sp³-hybridized carbons (Fsp3) is 0.250. The van der Waals surface area contributed by atoms with Crippen molar-refractivity contribution in [3.63, 3.8) is 0 Å². The Kier molecular flexibility index (Phi) is 3.47. The lowest BCUT2D eigenvalue weighted by Crippen LogP contribution is -2.15. The van der Waals surface area contributed by atoms with E-state index in [1.807, 2.05) is 13.0 Å². The van der Waals surface area contributed by atoms with Gasteiger partial charge in [-0.15, -0.1) is 0 Å². The van der Waals surface area contributed by atoms with Crippen LogP contribution in [0.3, 0.4) is 0 Å². The van der Waals surface area contributed by atoms with E-state index in [1.54, 1.807) is 18.2 Å². The smallest absolute Gasteiger partial charge is 0.228 e. The van der Waals surface area contributed by atoms with Crippen LogP contribution in [0, 0.1) is 6.92 Å². The van der Waals surface area contributed by atoms with Crippen LogP contribution in [0.1, 0.15) is 16.8 Å². The number of aromatic nitrogens is 2. The average molecular weight is 319 g/mol. The van der Waals surface area contributed by atoms with Crippen LogP contribution in [-0.4, -0.2) is 9.78 Å². The number of alkyl halides is 4. The zero-order valence-electron chi connectivity index (χ0n) is 9.50. The van der Waals surface area contributed by atoms with Gasteiger partial charge < -0.3 is 0 Å². The summed E-state index contributed by atoms with van der Waals surface area (Å²) in [4.78, 5) is 0. The standard InChI is InChI=1S/C12H10BrF3N2/c1-8-3-2-4-10(5-8)18-11(12(14,15)16)9(6-13)7-17-18/h2-5,7H,6H2,1H3. The zero-order chi connectivity index (χ0) is 13.3. The third-order valence-corrected chi connectivity index (χ3v) is 3.11. The molecule has 0 radical (unpaired) electrons. The van der Waals surface area contributed by atoms with Gasteiger partial charge in [0.25, 0.3) is 0 Å². The van der Waals surface area contributed by atoms with Crippen molar-refractivity contribution in [2.24, 2.45) is 0 Å². The Morgan fingerprint density at radius 3 is 2.61 bits per heavy atom. The van der Waals surface area contributed by atoms with Gasteiger partial charge in [0, 0.05) is 10.9 Å². The van der Waals surface area contributed by atoms with Gasteiger partial charge >= 0.3 is 6.18 Å². The molecule has 0 fully saturated rings. The van der Waals surface area contributed by atoms with Crippen LogP contribution in [0.2, 0.25) is 0 Å². The predicted molar refractivity (Wildman–Crippen MR) is 65.9 cm³/mol. The van der Waals surface area contributed by atoms with Gasteiger partial charge in [-0.1, -0.05) is 28.1 Å². The Labute approximate surface area is 111 Å². The third kappa shape index (κ3) is 2.43. The fourth-order valence-electron chi connectivity index (χ4n) is 1.74. The second-order valence-corrected chi connectivity index (χ2v) is 4.46. The topological polar surface area (TPSA) is 17.8 Å². The van der Waals surface area contributed by atoms with E-state index in [1.165, 1.54) is 6.20 Å². The van der Waals surface area contributed by atoms with Crippen molar-refractivity contribution < 1.29 is 13.2 Å². The number of rotatable bonds is 2. The molecule has 1 heterocycles. The number of halogens is 4. The lowest BCUT2D eigenvalue weighted by Gasteiger charge is -2.12. The van der Waals surface area contributed by atoms with E-state index in [2.05, 4.69) is 21.0 Å². The summed E-state index contributed by atoms with van der Waals surface area (Å²) in [6, 6.07) is 6.81. The number of nitrogens with zero attached hydrogens (tertiary/aromatic N) is 2. The molecule has 6 heteroatoms. The summed E-state index contributed by atoms with van der Waals surface area (Å²) in [7, 11) is 0. The van der Waals surface area contributed by atoms with Crippen LogP contribution < -0.4 is 0 Å². The Morgan fingerprint density at radius 2 is 2.06 bits per heavy atom. The molecule has 0 saturated heterocycles. The largest absolute Gasteiger partial charge is 0.433 e. The summed E-state index contributed by atoms with van der Waals surface area (Å²) in [5.74, 6) is 0. The van der Waals surface area contributed by atoms with Gasteiger partial charge in [0.05, 0.1) is 11.9 Å². The molecule has 2 nitrogen and oxygen atoms in total. The predicted octanol–water partition coefficient (Wildman–Crippen LogP) is 4.09. The minimum Gasteiger partial charge on any atom is -0.228 e. The van der Waals surface area contributed by atoms with E-state index in [-0.39, 0.29) is 10.9 Å². The summed E-state index contributed by atoms with van der Waals surface area (Å²) in [6.45, 7) is 1.83. The van der Waals surface area contributed by atoms with Crippen molar-refractivity contribution in [3.8, 4) is 5.69 Å². The van der Waals surface area contributed by atoms with Crippen LogP contribution in [0.5, 0.6) is 0 Å². The lowest BCUT2D eigenvalue weighted by molar-refractivity contribution is -0.143. The van der Waals surface area contributed by atoms with Gasteiger partial charge in [-0.05, 0) is 24.6 Å². The second-order valence-electron chi connectivity index (χ2n) is 3.90. The summed E-state index contributed by atoms with van der Waals surface area (Å²) < 4.78 is 40.0. The summed E-state index contributed by atoms with van der Waals surface area (Å²) in [5.41, 5.74) is 0.694. The maximum atomic E-state index is 13.0. The summed E-state index contributed by atoms with van der Waals surface area (Å²) >= 11 is 3.05. The number of aryl methyl sites for hydroxylation is 1. The van der Waals surface area contributed by atoms with Crippen molar-refractivity contribution in [3.05, 3.63) is 47.3 Å². The molecule has 0 bridgehead atoms. The summed E-state index contributed by atoms with van der Waals surface area (Å²) in [6.07, 6.45) is -3.19. The fourth-order valence-corrected chi connectivity index (χ4v) is 2.15. The van der Waals surface area contributed by atoms with Crippen LogP contribution in [-0.2, 0) is 11.5 Å². The van der Waals surface area contributed by atoms with Crippen LogP contribution in [0.15, 0.2) is 30.5 Å². The molecular formula is C12H10BrF3N2. The maximum absolute atomic E-state index is 13.0. The van der Waals surface area contributed by atoms with Crippen molar-refractivity contribution in [2.45, 2.75) is 18.4 Å². The molecule has 1 aromatic carbocycles. The molecule has 0 aliphatic heterocycles. The third-order valence-electron chi connectivity index (χ3n) is 2.50. The van der Waals surface area contributed by atoms with Crippen LogP contribution >= 0.6 is 15.9 Å². The van der Waals surface area contributed by atoms with E-state index in [4.69, 9.17) is 0 Å². The highest BCUT2D eigenvalue weighted by Crippen LogP contribution is 2.34. The highest BCUT2D eigenvalue weighted by molar-refractivity contribution is 9.08. The molecular weight excluding hydrogens is 309 g/mol. The van der Waals surface area contributed by atoms with Gasteiger partial charge in [-0.2, -0.15) is 18.3 Å². The van der Waals surface area contributed by atoms with E-state index in [0.717, 1.165) is 10.2 Å². The first-order valence-electron chi connectivity index (χ1n) is 5.20. The first-order valence-corrected chi connectivity index (χ1v) is 6.32. The molecule has 2 rings (SSSR count). The highest BCUT2D eigenvalue weighted by atomic mass is 79.9. The van der Waals surface area contributed by atoms with E-state index < -0.39 is 11.9 Å². The quantitative estimate of drug-likeness (QED) is 0.762. The highest BCUT2D eigenvalue weighted by Gasteiger charge is 2.38. The Hall–Kier alpha value is -1.30. The molecule has 0 aliphatic rings. The van der Waals surface area contributed by atoms with E-state index in [0.29, 0.717) is 5.69 Å². The molecule has 2 aromatic rings. The molecule has 0 saturated carbocycles. The molecule has 0 atom stereocenters. The molecule has 96 valence electrons. The molecule has 0 spiro atoms. The minimum absolute atomic E-state index is 0.119. The number of benzene rings is 1. The van der Waals surface area contributed by atoms with Gasteiger partial charge in [0.15, 0.2) is 5.69 Å². The molecule has 18 heavy (non-hydrogen) atoms. The monoisotopic (exact) mass is 318 g/mol. The van der Waals surface area contributed by atoms with Gasteiger partial charge in [-0.3, -0.25) is 0 Å². The van der Waals surface area contributed by atoms with Gasteiger partial charge in [0.2, 0.25) is 0 Å². The van der Waals surface area contributed by atoms with Crippen molar-refractivity contribution in [1.82, 2.24) is 9.78 Å². The summed E-state index contributed by atoms with van der Waals surface area (Å²) in [5, 5.41) is 3.95. The van der Waals surface area contributed by atoms with Gasteiger partial charge in [-0.25, -0.2) is 4.68 Å². The first-order chi connectivity index (χ1) is 8.43. The Bertz CT molecular complexity index is 561. The lowest BCUT2D eigenvalue weighted by atomic mass is 10.2. The van der Waals surface area contributed by atoms with E-state index in [9.17, 15) is 13.2 Å². The number of hydrogen-bond donors (Lipinski definition) is 0. The normalized spacial score (nSPS) is 11.8. The van der Waals surface area contributed by atoms with E-state index >= 15 is 0 Å². The van der Waals surface area contributed by atoms with Crippen LogP contribution in [0.25, 0.3) is 5.69 Å². The Balaban J connectivity index is 2.62. The second kappa shape index (κ2) is 4.76. The van der Waals surface area contributed by atoms with Crippen LogP contribution in [0.4, 0.5) is 13.2 Å². The molecule has 0 N–H and O–H groups in total. The van der Waals surface area contributed by atoms with Crippen molar-refractivity contribution in [2.75, 3.05) is 0 Å². The average Bonchev–Trinajstić information content (AvgIpc) is 2.72. The molecule has 0 amide bonds. The van der Waals surface area contributed by atoms with Crippen molar-refractivity contribution in [1.29, 1.82) is 0 Å². The molecule has 1 aromatic heterocycles. The Morgan fingerprint density at radius 1 is 1.33 bits per heavy atom. The first kappa shape index (κ1) is 13.1. The minimum atomic E-state index is -4.43. The molecule has 0 aliphatic carbocycles. The molecule has 0 unspecified atom stereocenters. The van der Waals surface area contributed by atoms with Gasteiger partial charge in [0.1, 0.15) is 0 Å². The zero-order valence-corrected chi connectivity index (χ0v) is 11.1. The maximum Gasteiger partial charge on any atom is 0.433 e.